The smallest absolute Gasteiger partial charge is 0.274 e. The lowest BCUT2D eigenvalue weighted by Crippen LogP contribution is -2.19. The van der Waals surface area contributed by atoms with Crippen molar-refractivity contribution in [2.45, 2.75) is 32.9 Å². The number of hydrogen-bond donors (Lipinski definition) is 1. The number of nitrogens with zero attached hydrogens (tertiary/aromatic N) is 5. The number of carbonyl (C=O) groups is 1. The van der Waals surface area contributed by atoms with Gasteiger partial charge in [-0.2, -0.15) is 4.39 Å². The Morgan fingerprint density at radius 2 is 2.03 bits per heavy atom. The number of halogens is 1. The van der Waals surface area contributed by atoms with Crippen LogP contribution in [0.3, 0.4) is 0 Å². The molecule has 32 heavy (non-hydrogen) atoms. The second-order valence-electron chi connectivity index (χ2n) is 8.25. The van der Waals surface area contributed by atoms with Crippen molar-refractivity contribution in [2.75, 3.05) is 5.32 Å². The molecular formula is C23H23FN6OS. The van der Waals surface area contributed by atoms with Gasteiger partial charge in [-0.3, -0.25) is 10.1 Å². The third-order valence-corrected chi connectivity index (χ3v) is 5.53. The first-order valence-corrected chi connectivity index (χ1v) is 10.9. The third kappa shape index (κ3) is 5.17. The Bertz CT molecular complexity index is 1260. The number of imidazole rings is 1. The number of anilines is 1. The zero-order chi connectivity index (χ0) is 22.7. The van der Waals surface area contributed by atoms with Crippen molar-refractivity contribution in [1.29, 1.82) is 0 Å². The molecule has 0 unspecified atom stereocenters. The van der Waals surface area contributed by atoms with Gasteiger partial charge in [0.1, 0.15) is 5.69 Å². The predicted octanol–water partition coefficient (Wildman–Crippen LogP) is 4.90. The van der Waals surface area contributed by atoms with Gasteiger partial charge >= 0.3 is 0 Å². The summed E-state index contributed by atoms with van der Waals surface area (Å²) in [6.07, 6.45) is 10.7. The molecule has 4 aromatic rings. The van der Waals surface area contributed by atoms with Crippen molar-refractivity contribution in [3.63, 3.8) is 0 Å². The number of thiazole rings is 1. The van der Waals surface area contributed by atoms with Gasteiger partial charge in [-0.15, -0.1) is 11.3 Å². The highest BCUT2D eigenvalue weighted by Crippen LogP contribution is 2.20. The van der Waals surface area contributed by atoms with Gasteiger partial charge in [-0.25, -0.2) is 15.0 Å². The Morgan fingerprint density at radius 1 is 1.22 bits per heavy atom. The molecule has 164 valence electrons. The van der Waals surface area contributed by atoms with Crippen molar-refractivity contribution in [3.8, 4) is 0 Å². The van der Waals surface area contributed by atoms with Crippen molar-refractivity contribution in [1.82, 2.24) is 24.1 Å². The second kappa shape index (κ2) is 8.88. The summed E-state index contributed by atoms with van der Waals surface area (Å²) in [5.74, 6) is -0.826. The Kier molecular flexibility index (Phi) is 6.00. The Labute approximate surface area is 189 Å². The highest BCUT2D eigenvalue weighted by Gasteiger charge is 2.14. The van der Waals surface area contributed by atoms with Crippen molar-refractivity contribution in [2.24, 2.45) is 0 Å². The summed E-state index contributed by atoms with van der Waals surface area (Å²) < 4.78 is 17.2. The first-order chi connectivity index (χ1) is 15.3. The molecule has 9 heteroatoms. The van der Waals surface area contributed by atoms with Gasteiger partial charge in [-0.05, 0) is 62.8 Å². The molecule has 0 aliphatic rings. The van der Waals surface area contributed by atoms with Crippen molar-refractivity contribution in [3.05, 3.63) is 83.2 Å². The van der Waals surface area contributed by atoms with E-state index in [1.807, 2.05) is 30.1 Å². The van der Waals surface area contributed by atoms with E-state index in [4.69, 9.17) is 0 Å². The minimum Gasteiger partial charge on any atom is -0.339 e. The standard InChI is InChI=1S/C23H23FN6OS/c1-23(2,3)30-13-17(26-15-30)6-7-18-14-32-22(27-18)28-21(31)19-5-4-10-29(19)12-16-8-9-25-20(24)11-16/h4-11,13-15H,12H2,1-3H3,(H,27,28,31). The molecule has 0 aliphatic heterocycles. The molecule has 0 radical (unpaired) electrons. The summed E-state index contributed by atoms with van der Waals surface area (Å²) >= 11 is 1.34. The van der Waals surface area contributed by atoms with Crippen LogP contribution in [-0.4, -0.2) is 30.0 Å². The van der Waals surface area contributed by atoms with E-state index in [2.05, 4.69) is 45.6 Å². The molecule has 1 N–H and O–H groups in total. The summed E-state index contributed by atoms with van der Waals surface area (Å²) in [5.41, 5.74) is 2.73. The summed E-state index contributed by atoms with van der Waals surface area (Å²) in [6, 6.07) is 6.56. The molecule has 0 atom stereocenters. The molecule has 0 aromatic carbocycles. The average Bonchev–Trinajstić information content (AvgIpc) is 3.47. The van der Waals surface area contributed by atoms with Gasteiger partial charge in [0.15, 0.2) is 5.13 Å². The van der Waals surface area contributed by atoms with Crippen LogP contribution in [0.5, 0.6) is 0 Å². The monoisotopic (exact) mass is 450 g/mol. The first-order valence-electron chi connectivity index (χ1n) is 10.0. The van der Waals surface area contributed by atoms with E-state index < -0.39 is 5.95 Å². The molecule has 0 fully saturated rings. The number of pyridine rings is 1. The summed E-state index contributed by atoms with van der Waals surface area (Å²) in [5, 5.41) is 5.20. The third-order valence-electron chi connectivity index (χ3n) is 4.75. The molecule has 0 saturated heterocycles. The topological polar surface area (TPSA) is 77.6 Å². The highest BCUT2D eigenvalue weighted by molar-refractivity contribution is 7.14. The van der Waals surface area contributed by atoms with Gasteiger partial charge < -0.3 is 9.13 Å². The van der Waals surface area contributed by atoms with Gasteiger partial charge in [-0.1, -0.05) is 0 Å². The van der Waals surface area contributed by atoms with E-state index in [0.29, 0.717) is 17.4 Å². The molecule has 4 rings (SSSR count). The molecule has 4 heterocycles. The summed E-state index contributed by atoms with van der Waals surface area (Å²) in [6.45, 7) is 6.71. The van der Waals surface area contributed by atoms with Crippen LogP contribution < -0.4 is 5.32 Å². The van der Waals surface area contributed by atoms with E-state index in [1.165, 1.54) is 23.6 Å². The Morgan fingerprint density at radius 3 is 2.78 bits per heavy atom. The maximum absolute atomic E-state index is 13.4. The second-order valence-corrected chi connectivity index (χ2v) is 9.11. The molecule has 1 amide bonds. The Balaban J connectivity index is 1.41. The van der Waals surface area contributed by atoms with Gasteiger partial charge in [0.05, 0.1) is 17.7 Å². The fraction of sp³-hybridized carbons (Fsp3) is 0.217. The minimum atomic E-state index is -0.547. The normalized spacial score (nSPS) is 11.9. The molecule has 4 aromatic heterocycles. The van der Waals surface area contributed by atoms with E-state index in [0.717, 1.165) is 17.0 Å². The van der Waals surface area contributed by atoms with E-state index in [9.17, 15) is 9.18 Å². The van der Waals surface area contributed by atoms with Crippen molar-refractivity contribution >= 4 is 34.5 Å². The summed E-state index contributed by atoms with van der Waals surface area (Å²) in [4.78, 5) is 25.2. The molecule has 0 aliphatic carbocycles. The first kappa shape index (κ1) is 21.6. The molecule has 0 spiro atoms. The lowest BCUT2D eigenvalue weighted by Gasteiger charge is -2.19. The van der Waals surface area contributed by atoms with Crippen LogP contribution in [0.2, 0.25) is 0 Å². The van der Waals surface area contributed by atoms with Crippen LogP contribution >= 0.6 is 11.3 Å². The lowest BCUT2D eigenvalue weighted by molar-refractivity contribution is 0.101. The van der Waals surface area contributed by atoms with E-state index >= 15 is 0 Å². The summed E-state index contributed by atoms with van der Waals surface area (Å²) in [7, 11) is 0. The number of hydrogen-bond acceptors (Lipinski definition) is 5. The van der Waals surface area contributed by atoms with Crippen LogP contribution in [-0.2, 0) is 12.1 Å². The van der Waals surface area contributed by atoms with Gasteiger partial charge in [0.25, 0.3) is 5.91 Å². The maximum Gasteiger partial charge on any atom is 0.274 e. The largest absolute Gasteiger partial charge is 0.339 e. The number of carbonyl (C=O) groups excluding carboxylic acids is 1. The number of aromatic nitrogens is 5. The quantitative estimate of drug-likeness (QED) is 0.424. The number of nitrogens with one attached hydrogen (secondary N) is 1. The van der Waals surface area contributed by atoms with Crippen LogP contribution in [0.4, 0.5) is 9.52 Å². The molecular weight excluding hydrogens is 427 g/mol. The van der Waals surface area contributed by atoms with Crippen molar-refractivity contribution < 1.29 is 9.18 Å². The van der Waals surface area contributed by atoms with Crippen LogP contribution in [0.25, 0.3) is 12.2 Å². The maximum atomic E-state index is 13.4. The minimum absolute atomic E-state index is 0.0274. The number of rotatable bonds is 6. The Hall–Kier alpha value is -3.59. The average molecular weight is 451 g/mol. The lowest BCUT2D eigenvalue weighted by atomic mass is 10.1. The zero-order valence-corrected chi connectivity index (χ0v) is 18.8. The zero-order valence-electron chi connectivity index (χ0n) is 18.0. The highest BCUT2D eigenvalue weighted by atomic mass is 32.1. The fourth-order valence-corrected chi connectivity index (χ4v) is 3.71. The van der Waals surface area contributed by atoms with Crippen LogP contribution in [0.1, 0.15) is 48.2 Å². The molecule has 7 nitrogen and oxygen atoms in total. The van der Waals surface area contributed by atoms with Crippen LogP contribution in [0, 0.1) is 5.95 Å². The van der Waals surface area contributed by atoms with E-state index in [1.54, 1.807) is 29.0 Å². The van der Waals surface area contributed by atoms with Crippen LogP contribution in [0.15, 0.2) is 54.6 Å². The number of amides is 1. The predicted molar refractivity (Wildman–Crippen MR) is 124 cm³/mol. The van der Waals surface area contributed by atoms with E-state index in [-0.39, 0.29) is 11.4 Å². The molecule has 0 saturated carbocycles. The fourth-order valence-electron chi connectivity index (χ4n) is 3.04. The van der Waals surface area contributed by atoms with Gasteiger partial charge in [0, 0.05) is 36.1 Å². The SMILES string of the molecule is CC(C)(C)n1cnc(C=Cc2csc(NC(=O)c3cccn3Cc3ccnc(F)c3)n2)c1. The molecule has 0 bridgehead atoms. The van der Waals surface area contributed by atoms with Gasteiger partial charge in [0.2, 0.25) is 5.95 Å².